The smallest absolute Gasteiger partial charge is 0.271 e. The zero-order valence-corrected chi connectivity index (χ0v) is 15.1. The van der Waals surface area contributed by atoms with Gasteiger partial charge in [-0.25, -0.2) is 9.97 Å². The molecule has 6 nitrogen and oxygen atoms in total. The summed E-state index contributed by atoms with van der Waals surface area (Å²) in [6, 6.07) is 6.17. The number of aryl methyl sites for hydroxylation is 2. The van der Waals surface area contributed by atoms with Crippen molar-refractivity contribution in [3.63, 3.8) is 0 Å². The number of ether oxygens (including phenoxy) is 1. The Morgan fingerprint density at radius 1 is 1.44 bits per heavy atom. The van der Waals surface area contributed by atoms with Crippen LogP contribution in [0.4, 0.5) is 0 Å². The second-order valence-corrected chi connectivity index (χ2v) is 7.22. The quantitative estimate of drug-likeness (QED) is 0.780. The molecule has 0 aliphatic carbocycles. The first-order valence-electron chi connectivity index (χ1n) is 8.39. The Balaban J connectivity index is 1.46. The van der Waals surface area contributed by atoms with E-state index in [1.54, 1.807) is 5.38 Å². The SMILES string of the molecule is Cc1ccc2c(c1)nc(CNC(=O)c1csc(C3CCCO3)n1)n2C. The molecular formula is C18H20N4O2S. The zero-order chi connectivity index (χ0) is 17.4. The molecule has 1 aliphatic rings. The highest BCUT2D eigenvalue weighted by molar-refractivity contribution is 7.09. The molecule has 1 fully saturated rings. The molecule has 3 heterocycles. The van der Waals surface area contributed by atoms with E-state index in [0.29, 0.717) is 12.2 Å². The van der Waals surface area contributed by atoms with Gasteiger partial charge in [-0.05, 0) is 37.5 Å². The number of amides is 1. The summed E-state index contributed by atoms with van der Waals surface area (Å²) in [7, 11) is 1.96. The molecular weight excluding hydrogens is 336 g/mol. The lowest BCUT2D eigenvalue weighted by Crippen LogP contribution is -2.24. The average molecular weight is 356 g/mol. The van der Waals surface area contributed by atoms with E-state index in [9.17, 15) is 4.79 Å². The van der Waals surface area contributed by atoms with E-state index in [1.807, 2.05) is 18.5 Å². The molecule has 130 valence electrons. The zero-order valence-electron chi connectivity index (χ0n) is 14.3. The lowest BCUT2D eigenvalue weighted by molar-refractivity contribution is 0.0942. The Hall–Kier alpha value is -2.25. The average Bonchev–Trinajstić information content (AvgIpc) is 3.33. The minimum atomic E-state index is -0.177. The van der Waals surface area contributed by atoms with Crippen molar-refractivity contribution >= 4 is 28.3 Å². The summed E-state index contributed by atoms with van der Waals surface area (Å²) in [5.41, 5.74) is 3.63. The fourth-order valence-electron chi connectivity index (χ4n) is 3.08. The van der Waals surface area contributed by atoms with Crippen LogP contribution < -0.4 is 5.32 Å². The van der Waals surface area contributed by atoms with E-state index >= 15 is 0 Å². The molecule has 0 bridgehead atoms. The monoisotopic (exact) mass is 356 g/mol. The second-order valence-electron chi connectivity index (χ2n) is 6.33. The third-order valence-electron chi connectivity index (χ3n) is 4.50. The van der Waals surface area contributed by atoms with Gasteiger partial charge in [0.05, 0.1) is 17.6 Å². The number of hydrogen-bond donors (Lipinski definition) is 1. The van der Waals surface area contributed by atoms with Crippen LogP contribution in [-0.2, 0) is 18.3 Å². The Labute approximate surface area is 149 Å². The summed E-state index contributed by atoms with van der Waals surface area (Å²) >= 11 is 1.49. The first-order chi connectivity index (χ1) is 12.1. The van der Waals surface area contributed by atoms with Crippen molar-refractivity contribution in [1.82, 2.24) is 19.9 Å². The number of benzene rings is 1. The van der Waals surface area contributed by atoms with Crippen LogP contribution in [0.5, 0.6) is 0 Å². The van der Waals surface area contributed by atoms with Crippen LogP contribution in [0.25, 0.3) is 11.0 Å². The van der Waals surface area contributed by atoms with Crippen molar-refractivity contribution in [2.24, 2.45) is 7.05 Å². The molecule has 1 amide bonds. The third-order valence-corrected chi connectivity index (χ3v) is 5.43. The summed E-state index contributed by atoms with van der Waals surface area (Å²) in [4.78, 5) is 21.4. The summed E-state index contributed by atoms with van der Waals surface area (Å²) in [6.07, 6.45) is 2.08. The molecule has 0 radical (unpaired) electrons. The van der Waals surface area contributed by atoms with Crippen LogP contribution in [-0.4, -0.2) is 27.0 Å². The fourth-order valence-corrected chi connectivity index (χ4v) is 3.96. The number of nitrogens with one attached hydrogen (secondary N) is 1. The number of carbonyl (C=O) groups is 1. The van der Waals surface area contributed by atoms with Gasteiger partial charge in [-0.2, -0.15) is 0 Å². The Morgan fingerprint density at radius 3 is 3.12 bits per heavy atom. The van der Waals surface area contributed by atoms with Crippen LogP contribution in [0.15, 0.2) is 23.6 Å². The van der Waals surface area contributed by atoms with Crippen LogP contribution in [0.1, 0.15) is 45.8 Å². The number of thiazole rings is 1. The van der Waals surface area contributed by atoms with Gasteiger partial charge in [0.15, 0.2) is 0 Å². The van der Waals surface area contributed by atoms with E-state index < -0.39 is 0 Å². The fraction of sp³-hybridized carbons (Fsp3) is 0.389. The molecule has 1 aliphatic heterocycles. The Kier molecular flexibility index (Phi) is 4.27. The van der Waals surface area contributed by atoms with Gasteiger partial charge < -0.3 is 14.6 Å². The van der Waals surface area contributed by atoms with Crippen LogP contribution >= 0.6 is 11.3 Å². The molecule has 7 heteroatoms. The van der Waals surface area contributed by atoms with Crippen molar-refractivity contribution in [2.45, 2.75) is 32.4 Å². The lowest BCUT2D eigenvalue weighted by atomic mass is 10.2. The van der Waals surface area contributed by atoms with Gasteiger partial charge in [-0.1, -0.05) is 6.07 Å². The Morgan fingerprint density at radius 2 is 2.32 bits per heavy atom. The standard InChI is InChI=1S/C18H20N4O2S/c1-11-5-6-14-12(8-11)20-16(22(14)2)9-19-17(23)13-10-25-18(21-13)15-4-3-7-24-15/h5-6,8,10,15H,3-4,7,9H2,1-2H3,(H,19,23). The highest BCUT2D eigenvalue weighted by Gasteiger charge is 2.22. The van der Waals surface area contributed by atoms with E-state index in [2.05, 4.69) is 33.5 Å². The van der Waals surface area contributed by atoms with Crippen LogP contribution in [0.2, 0.25) is 0 Å². The lowest BCUT2D eigenvalue weighted by Gasteiger charge is -2.05. The number of aromatic nitrogens is 3. The van der Waals surface area contributed by atoms with Gasteiger partial charge in [0.25, 0.3) is 5.91 Å². The maximum absolute atomic E-state index is 12.4. The maximum Gasteiger partial charge on any atom is 0.271 e. The van der Waals surface area contributed by atoms with Gasteiger partial charge in [0.2, 0.25) is 0 Å². The van der Waals surface area contributed by atoms with Gasteiger partial charge in [-0.15, -0.1) is 11.3 Å². The summed E-state index contributed by atoms with van der Waals surface area (Å²) in [5, 5.41) is 5.60. The molecule has 0 saturated carbocycles. The number of carbonyl (C=O) groups excluding carboxylic acids is 1. The number of hydrogen-bond acceptors (Lipinski definition) is 5. The van der Waals surface area contributed by atoms with Gasteiger partial charge in [0, 0.05) is 19.0 Å². The predicted molar refractivity (Wildman–Crippen MR) is 96.7 cm³/mol. The summed E-state index contributed by atoms with van der Waals surface area (Å²) in [5.74, 6) is 0.646. The minimum Gasteiger partial charge on any atom is -0.371 e. The van der Waals surface area contributed by atoms with E-state index in [1.165, 1.54) is 16.9 Å². The van der Waals surface area contributed by atoms with Crippen molar-refractivity contribution in [2.75, 3.05) is 6.61 Å². The molecule has 0 spiro atoms. The van der Waals surface area contributed by atoms with Crippen LogP contribution in [0.3, 0.4) is 0 Å². The molecule has 4 rings (SSSR count). The molecule has 1 aromatic carbocycles. The van der Waals surface area contributed by atoms with E-state index in [-0.39, 0.29) is 12.0 Å². The molecule has 3 aromatic rings. The first-order valence-corrected chi connectivity index (χ1v) is 9.27. The summed E-state index contributed by atoms with van der Waals surface area (Å²) < 4.78 is 7.63. The van der Waals surface area contributed by atoms with Crippen molar-refractivity contribution in [3.8, 4) is 0 Å². The first kappa shape index (κ1) is 16.2. The highest BCUT2D eigenvalue weighted by Crippen LogP contribution is 2.30. The number of rotatable bonds is 4. The molecule has 1 N–H and O–H groups in total. The van der Waals surface area contributed by atoms with Gasteiger partial charge in [0.1, 0.15) is 22.6 Å². The molecule has 25 heavy (non-hydrogen) atoms. The number of imidazole rings is 1. The number of fused-ring (bicyclic) bond motifs is 1. The van der Waals surface area contributed by atoms with Crippen molar-refractivity contribution in [1.29, 1.82) is 0 Å². The van der Waals surface area contributed by atoms with Crippen molar-refractivity contribution in [3.05, 3.63) is 45.7 Å². The topological polar surface area (TPSA) is 69.0 Å². The Bertz CT molecular complexity index is 924. The van der Waals surface area contributed by atoms with Crippen molar-refractivity contribution < 1.29 is 9.53 Å². The normalized spacial score (nSPS) is 17.3. The van der Waals surface area contributed by atoms with Gasteiger partial charge in [-0.3, -0.25) is 4.79 Å². The molecule has 1 atom stereocenters. The highest BCUT2D eigenvalue weighted by atomic mass is 32.1. The molecule has 2 aromatic heterocycles. The maximum atomic E-state index is 12.4. The largest absolute Gasteiger partial charge is 0.371 e. The van der Waals surface area contributed by atoms with Gasteiger partial charge >= 0.3 is 0 Å². The second kappa shape index (κ2) is 6.57. The van der Waals surface area contributed by atoms with E-state index in [0.717, 1.165) is 41.3 Å². The summed E-state index contributed by atoms with van der Waals surface area (Å²) in [6.45, 7) is 3.19. The number of nitrogens with zero attached hydrogens (tertiary/aromatic N) is 3. The third kappa shape index (κ3) is 3.17. The molecule has 1 saturated heterocycles. The predicted octanol–water partition coefficient (Wildman–Crippen LogP) is 3.12. The van der Waals surface area contributed by atoms with Crippen LogP contribution in [0, 0.1) is 6.92 Å². The van der Waals surface area contributed by atoms with E-state index in [4.69, 9.17) is 4.74 Å². The molecule has 1 unspecified atom stereocenters. The minimum absolute atomic E-state index is 0.0506.